The summed E-state index contributed by atoms with van der Waals surface area (Å²) in [5.74, 6) is 0.200. The minimum atomic E-state index is -0.977. The van der Waals surface area contributed by atoms with Crippen LogP contribution in [-0.4, -0.2) is 59.1 Å². The zero-order valence-corrected chi connectivity index (χ0v) is 30.8. The van der Waals surface area contributed by atoms with E-state index in [1.54, 1.807) is 42.5 Å². The van der Waals surface area contributed by atoms with Gasteiger partial charge in [0.15, 0.2) is 64.3 Å². The summed E-state index contributed by atoms with van der Waals surface area (Å²) < 4.78 is 38.0. The molecular weight excluding hydrogens is 728 g/mol. The van der Waals surface area contributed by atoms with Gasteiger partial charge in [-0.3, -0.25) is 19.2 Å². The third kappa shape index (κ3) is 8.13. The Morgan fingerprint density at radius 1 is 0.482 bits per heavy atom. The number of nitrogens with one attached hydrogen (secondary N) is 4. The van der Waals surface area contributed by atoms with Gasteiger partial charge in [0.25, 0.3) is 0 Å². The van der Waals surface area contributed by atoms with E-state index >= 15 is 0 Å². The van der Waals surface area contributed by atoms with Crippen LogP contribution in [0.15, 0.2) is 72.8 Å². The molecule has 0 aromatic heterocycles. The van der Waals surface area contributed by atoms with E-state index in [0.29, 0.717) is 58.4 Å². The van der Waals surface area contributed by atoms with Crippen LogP contribution in [0.4, 0.5) is 0 Å². The van der Waals surface area contributed by atoms with E-state index in [0.717, 1.165) is 5.56 Å². The number of benzene rings is 4. The largest absolute Gasteiger partial charge is 0.504 e. The Morgan fingerprint density at radius 3 is 1.32 bits per heavy atom. The number of phenols is 2. The van der Waals surface area contributed by atoms with Gasteiger partial charge in [0.05, 0.1) is 0 Å². The summed E-state index contributed by atoms with van der Waals surface area (Å²) in [6.07, 6.45) is -4.96. The maximum Gasteiger partial charge on any atom is 0.219 e. The molecule has 7 rings (SSSR count). The van der Waals surface area contributed by atoms with E-state index < -0.39 is 37.0 Å². The lowest BCUT2D eigenvalue weighted by atomic mass is 10.0. The van der Waals surface area contributed by atoms with Crippen molar-refractivity contribution in [3.05, 3.63) is 95.1 Å². The number of carbonyl (C=O) groups excluding carboxylic acids is 4. The van der Waals surface area contributed by atoms with Crippen LogP contribution < -0.4 is 49.7 Å². The predicted octanol–water partition coefficient (Wildman–Crippen LogP) is 3.70. The van der Waals surface area contributed by atoms with Crippen LogP contribution in [0.25, 0.3) is 0 Å². The molecule has 0 fully saturated rings. The second-order valence-corrected chi connectivity index (χ2v) is 13.5. The molecule has 0 aliphatic carbocycles. The fourth-order valence-corrected chi connectivity index (χ4v) is 6.62. The van der Waals surface area contributed by atoms with Crippen molar-refractivity contribution in [1.82, 2.24) is 21.3 Å². The number of rotatable bonds is 9. The Labute approximate surface area is 321 Å². The Balaban J connectivity index is 1.19. The van der Waals surface area contributed by atoms with Crippen molar-refractivity contribution >= 4 is 23.6 Å². The van der Waals surface area contributed by atoms with Crippen LogP contribution >= 0.6 is 0 Å². The van der Waals surface area contributed by atoms with Gasteiger partial charge >= 0.3 is 0 Å². The minimum Gasteiger partial charge on any atom is -0.504 e. The molecule has 4 aromatic carbocycles. The van der Waals surface area contributed by atoms with Crippen LogP contribution in [0.1, 0.15) is 68.3 Å². The van der Waals surface area contributed by atoms with Crippen molar-refractivity contribution in [1.29, 1.82) is 0 Å². The second-order valence-electron chi connectivity index (χ2n) is 13.5. The molecule has 0 saturated heterocycles. The first kappa shape index (κ1) is 37.5. The molecule has 0 spiro atoms. The molecule has 292 valence electrons. The number of hydrogen-bond donors (Lipinski definition) is 6. The average Bonchev–Trinajstić information content (AvgIpc) is 3.14. The Morgan fingerprint density at radius 2 is 0.893 bits per heavy atom. The topological polar surface area (TPSA) is 212 Å². The van der Waals surface area contributed by atoms with Crippen LogP contribution in [0, 0.1) is 0 Å². The van der Waals surface area contributed by atoms with Gasteiger partial charge in [0, 0.05) is 50.9 Å². The quantitative estimate of drug-likeness (QED) is 0.135. The number of aromatic hydroxyl groups is 2. The van der Waals surface area contributed by atoms with E-state index in [1.807, 2.05) is 12.1 Å². The van der Waals surface area contributed by atoms with E-state index in [9.17, 15) is 29.4 Å². The molecule has 3 aliphatic rings. The molecule has 0 unspecified atom stereocenters. The number of amides is 4. The first-order valence-electron chi connectivity index (χ1n) is 17.8. The zero-order chi connectivity index (χ0) is 39.7. The highest BCUT2D eigenvalue weighted by Gasteiger charge is 2.40. The fourth-order valence-electron chi connectivity index (χ4n) is 6.62. The van der Waals surface area contributed by atoms with Gasteiger partial charge in [0.2, 0.25) is 42.3 Å². The van der Waals surface area contributed by atoms with Crippen molar-refractivity contribution in [2.45, 2.75) is 71.1 Å². The number of ether oxygens (including phenoxy) is 6. The third-order valence-corrected chi connectivity index (χ3v) is 9.10. The van der Waals surface area contributed by atoms with E-state index in [4.69, 9.17) is 28.4 Å². The molecular formula is C40H40N4O12. The van der Waals surface area contributed by atoms with Gasteiger partial charge in [-0.2, -0.15) is 0 Å². The highest BCUT2D eigenvalue weighted by atomic mass is 16.6. The van der Waals surface area contributed by atoms with Crippen molar-refractivity contribution in [2.24, 2.45) is 0 Å². The SMILES string of the molecule is CC(=O)NCCc1ccc2c(c1)O[C@@H](c1ccc3c(c1)O[C@H](c1ccc4c(c1)O[C@@H](c1ccc(O)c(O)c1)[C@H](NC(C)=O)O4)[C@@H](NC(C)=O)O3)[C@H](NC(C)=O)O2. The normalized spacial score (nSPS) is 21.6. The third-order valence-electron chi connectivity index (χ3n) is 9.10. The zero-order valence-electron chi connectivity index (χ0n) is 30.8. The van der Waals surface area contributed by atoms with Crippen LogP contribution in [0.5, 0.6) is 46.0 Å². The molecule has 0 radical (unpaired) electrons. The van der Waals surface area contributed by atoms with Crippen molar-refractivity contribution < 1.29 is 57.8 Å². The number of carbonyl (C=O) groups is 4. The number of phenolic OH excluding ortho intramolecular Hbond substituents is 2. The summed E-state index contributed by atoms with van der Waals surface area (Å²) in [7, 11) is 0. The van der Waals surface area contributed by atoms with E-state index in [-0.39, 0.29) is 40.9 Å². The maximum atomic E-state index is 12.4. The Bertz CT molecular complexity index is 2190. The highest BCUT2D eigenvalue weighted by molar-refractivity contribution is 5.74. The monoisotopic (exact) mass is 768 g/mol. The summed E-state index contributed by atoms with van der Waals surface area (Å²) in [5.41, 5.74) is 2.44. The predicted molar refractivity (Wildman–Crippen MR) is 196 cm³/mol. The summed E-state index contributed by atoms with van der Waals surface area (Å²) in [6.45, 7) is 5.96. The molecule has 56 heavy (non-hydrogen) atoms. The van der Waals surface area contributed by atoms with Crippen molar-refractivity contribution in [3.8, 4) is 46.0 Å². The lowest BCUT2D eigenvalue weighted by molar-refractivity contribution is -0.125. The highest BCUT2D eigenvalue weighted by Crippen LogP contribution is 2.47. The molecule has 0 saturated carbocycles. The Hall–Kier alpha value is -6.84. The first-order valence-corrected chi connectivity index (χ1v) is 17.8. The molecule has 4 amide bonds. The molecule has 6 atom stereocenters. The summed E-state index contributed by atoms with van der Waals surface area (Å²) in [4.78, 5) is 48.1. The van der Waals surface area contributed by atoms with Crippen LogP contribution in [0.3, 0.4) is 0 Å². The van der Waals surface area contributed by atoms with E-state index in [1.165, 1.54) is 45.9 Å². The second kappa shape index (κ2) is 15.5. The van der Waals surface area contributed by atoms with Crippen LogP contribution in [0.2, 0.25) is 0 Å². The lowest BCUT2D eigenvalue weighted by Crippen LogP contribution is -2.47. The molecule has 3 aliphatic heterocycles. The van der Waals surface area contributed by atoms with Gasteiger partial charge < -0.3 is 59.9 Å². The maximum absolute atomic E-state index is 12.4. The van der Waals surface area contributed by atoms with Crippen molar-refractivity contribution in [2.75, 3.05) is 6.54 Å². The smallest absolute Gasteiger partial charge is 0.219 e. The fraction of sp³-hybridized carbons (Fsp3) is 0.300. The van der Waals surface area contributed by atoms with Crippen LogP contribution in [-0.2, 0) is 25.6 Å². The first-order chi connectivity index (χ1) is 26.8. The van der Waals surface area contributed by atoms with Gasteiger partial charge in [-0.15, -0.1) is 0 Å². The van der Waals surface area contributed by atoms with Gasteiger partial charge in [-0.05, 0) is 60.5 Å². The molecule has 4 aromatic rings. The summed E-state index contributed by atoms with van der Waals surface area (Å²) >= 11 is 0. The van der Waals surface area contributed by atoms with Gasteiger partial charge in [-0.25, -0.2) is 0 Å². The summed E-state index contributed by atoms with van der Waals surface area (Å²) in [5, 5.41) is 31.2. The molecule has 0 bridgehead atoms. The number of fused-ring (bicyclic) bond motifs is 3. The standard InChI is InChI=1S/C40H40N4O12/c1-19(45)41-14-13-23-5-10-29-32(15-23)51-36(39(54-29)43-21(3)47)25-7-11-31-34(17-25)53-37(40(56-31)44-22(4)48)26-8-12-30-33(18-26)52-35(38(55-30)42-20(2)46)24-6-9-27(49)28(50)16-24/h5-12,15-18,35-40,49-50H,13-14H2,1-4H3,(H,41,45)(H,42,46)(H,43,47)(H,44,48)/t35-,36-,37+,38+,39+,40-/m0/s1. The average molecular weight is 769 g/mol. The lowest BCUT2D eigenvalue weighted by Gasteiger charge is -2.37. The van der Waals surface area contributed by atoms with Gasteiger partial charge in [0.1, 0.15) is 0 Å². The molecule has 3 heterocycles. The van der Waals surface area contributed by atoms with Gasteiger partial charge in [-0.1, -0.05) is 24.3 Å². The van der Waals surface area contributed by atoms with E-state index in [2.05, 4.69) is 21.3 Å². The minimum absolute atomic E-state index is 0.128. The van der Waals surface area contributed by atoms with Crippen molar-refractivity contribution in [3.63, 3.8) is 0 Å². The Kier molecular flexibility index (Phi) is 10.4. The molecule has 16 heteroatoms. The number of hydrogen-bond acceptors (Lipinski definition) is 12. The summed E-state index contributed by atoms with van der Waals surface area (Å²) in [6, 6.07) is 19.7. The molecule has 6 N–H and O–H groups in total. The molecule has 16 nitrogen and oxygen atoms in total.